The van der Waals surface area contributed by atoms with E-state index in [0.717, 1.165) is 8.81 Å². The van der Waals surface area contributed by atoms with Gasteiger partial charge in [-0.2, -0.15) is 0 Å². The Bertz CT molecular complexity index is 282. The fourth-order valence-corrected chi connectivity index (χ4v) is 3.30. The van der Waals surface area contributed by atoms with Gasteiger partial charge in [-0.3, -0.25) is 0 Å². The Balaban J connectivity index is 2.96. The molecule has 1 aromatic heterocycles. The molecule has 0 saturated carbocycles. The fourth-order valence-electron chi connectivity index (χ4n) is 0.915. The summed E-state index contributed by atoms with van der Waals surface area (Å²) in [6.07, 6.45) is 0. The van der Waals surface area contributed by atoms with Gasteiger partial charge in [-0.25, -0.2) is 0 Å². The maximum Gasteiger partial charge on any atom is 0.0887 e. The van der Waals surface area contributed by atoms with Gasteiger partial charge in [-0.1, -0.05) is 48.3 Å². The molecular weight excluding hydrogens is 335 g/mol. The Kier molecular flexibility index (Phi) is 3.90. The first-order valence-electron chi connectivity index (χ1n) is 3.91. The highest BCUT2D eigenvalue weighted by molar-refractivity contribution is 9.11. The van der Waals surface area contributed by atoms with E-state index in [4.69, 9.17) is 11.6 Å². The van der Waals surface area contributed by atoms with Crippen molar-refractivity contribution in [2.75, 3.05) is 0 Å². The van der Waals surface area contributed by atoms with E-state index < -0.39 is 0 Å². The van der Waals surface area contributed by atoms with Gasteiger partial charge in [0.2, 0.25) is 0 Å². The van der Waals surface area contributed by atoms with E-state index in [-0.39, 0.29) is 5.41 Å². The standard InChI is InChI=1S/C9H11Br2ClS/c1-9(2,3)7(10)6-4-5(12)8(11)13-6/h4,7H,1-3H3. The van der Waals surface area contributed by atoms with Crippen molar-refractivity contribution in [2.24, 2.45) is 5.41 Å². The van der Waals surface area contributed by atoms with Crippen LogP contribution in [0.3, 0.4) is 0 Å². The third-order valence-electron chi connectivity index (χ3n) is 1.67. The summed E-state index contributed by atoms with van der Waals surface area (Å²) in [4.78, 5) is 1.62. The minimum atomic E-state index is 0.216. The topological polar surface area (TPSA) is 0 Å². The van der Waals surface area contributed by atoms with Crippen molar-refractivity contribution in [3.05, 3.63) is 19.8 Å². The smallest absolute Gasteiger partial charge is 0.0887 e. The van der Waals surface area contributed by atoms with Gasteiger partial charge in [0.1, 0.15) is 0 Å². The minimum Gasteiger partial charge on any atom is -0.130 e. The highest BCUT2D eigenvalue weighted by Crippen LogP contribution is 2.46. The van der Waals surface area contributed by atoms with Crippen LogP contribution in [0.5, 0.6) is 0 Å². The number of thiophene rings is 1. The van der Waals surface area contributed by atoms with Crippen molar-refractivity contribution in [1.82, 2.24) is 0 Å². The first-order valence-corrected chi connectivity index (χ1v) is 6.81. The molecule has 4 heteroatoms. The molecule has 0 saturated heterocycles. The molecule has 1 heterocycles. The zero-order chi connectivity index (χ0) is 10.2. The normalized spacial score (nSPS) is 14.6. The molecule has 0 aliphatic heterocycles. The average molecular weight is 347 g/mol. The summed E-state index contributed by atoms with van der Waals surface area (Å²) in [6.45, 7) is 6.61. The van der Waals surface area contributed by atoms with Crippen LogP contribution in [0.25, 0.3) is 0 Å². The molecule has 0 amide bonds. The third-order valence-corrected chi connectivity index (χ3v) is 6.38. The second-order valence-electron chi connectivity index (χ2n) is 4.00. The van der Waals surface area contributed by atoms with Gasteiger partial charge in [0.15, 0.2) is 0 Å². The lowest BCUT2D eigenvalue weighted by Crippen LogP contribution is -2.11. The molecule has 0 nitrogen and oxygen atoms in total. The molecule has 0 aliphatic carbocycles. The predicted octanol–water partition coefficient (Wildman–Crippen LogP) is 5.65. The molecule has 74 valence electrons. The number of hydrogen-bond donors (Lipinski definition) is 0. The summed E-state index contributed by atoms with van der Waals surface area (Å²) >= 11 is 14.8. The second kappa shape index (κ2) is 4.21. The Morgan fingerprint density at radius 1 is 1.46 bits per heavy atom. The van der Waals surface area contributed by atoms with Crippen LogP contribution in [-0.2, 0) is 0 Å². The largest absolute Gasteiger partial charge is 0.130 e. The maximum absolute atomic E-state index is 5.97. The summed E-state index contributed by atoms with van der Waals surface area (Å²) < 4.78 is 1.01. The van der Waals surface area contributed by atoms with Crippen LogP contribution < -0.4 is 0 Å². The van der Waals surface area contributed by atoms with Gasteiger partial charge in [0.05, 0.1) is 13.6 Å². The zero-order valence-electron chi connectivity index (χ0n) is 7.70. The van der Waals surface area contributed by atoms with Crippen LogP contribution in [0.2, 0.25) is 5.02 Å². The molecule has 1 atom stereocenters. The monoisotopic (exact) mass is 344 g/mol. The van der Waals surface area contributed by atoms with Crippen molar-refractivity contribution in [3.63, 3.8) is 0 Å². The quantitative estimate of drug-likeness (QED) is 0.577. The molecule has 0 bridgehead atoms. The second-order valence-corrected chi connectivity index (χ2v) is 7.72. The lowest BCUT2D eigenvalue weighted by atomic mass is 9.91. The average Bonchev–Trinajstić information content (AvgIpc) is 2.29. The van der Waals surface area contributed by atoms with Crippen molar-refractivity contribution >= 4 is 54.8 Å². The fraction of sp³-hybridized carbons (Fsp3) is 0.556. The Hall–Kier alpha value is 0.950. The van der Waals surface area contributed by atoms with E-state index in [2.05, 4.69) is 52.6 Å². The van der Waals surface area contributed by atoms with E-state index in [1.54, 1.807) is 11.3 Å². The van der Waals surface area contributed by atoms with Crippen LogP contribution in [0.4, 0.5) is 0 Å². The Labute approximate surface area is 105 Å². The molecule has 1 aromatic rings. The van der Waals surface area contributed by atoms with Gasteiger partial charge >= 0.3 is 0 Å². The molecule has 1 unspecified atom stereocenters. The Morgan fingerprint density at radius 2 is 2.00 bits per heavy atom. The summed E-state index contributed by atoms with van der Waals surface area (Å²) in [5.41, 5.74) is 0.216. The third kappa shape index (κ3) is 2.95. The van der Waals surface area contributed by atoms with E-state index in [9.17, 15) is 0 Å². The molecule has 1 rings (SSSR count). The highest BCUT2D eigenvalue weighted by Gasteiger charge is 2.25. The molecule has 0 radical (unpaired) electrons. The van der Waals surface area contributed by atoms with Crippen LogP contribution in [-0.4, -0.2) is 0 Å². The summed E-state index contributed by atoms with van der Waals surface area (Å²) in [5.74, 6) is 0. The van der Waals surface area contributed by atoms with E-state index >= 15 is 0 Å². The highest BCUT2D eigenvalue weighted by atomic mass is 79.9. The van der Waals surface area contributed by atoms with E-state index in [1.807, 2.05) is 6.07 Å². The molecule has 0 spiro atoms. The number of rotatable bonds is 1. The number of halogens is 3. The van der Waals surface area contributed by atoms with Crippen LogP contribution in [0.1, 0.15) is 30.5 Å². The lowest BCUT2D eigenvalue weighted by molar-refractivity contribution is 0.411. The molecular formula is C9H11Br2ClS. The van der Waals surface area contributed by atoms with Crippen molar-refractivity contribution < 1.29 is 0 Å². The first-order chi connectivity index (χ1) is 5.82. The van der Waals surface area contributed by atoms with Crippen molar-refractivity contribution in [2.45, 2.75) is 25.6 Å². The SMILES string of the molecule is CC(C)(C)C(Br)c1cc(Cl)c(Br)s1. The maximum atomic E-state index is 5.97. The van der Waals surface area contributed by atoms with Gasteiger partial charge in [0.25, 0.3) is 0 Å². The molecule has 0 fully saturated rings. The summed E-state index contributed by atoms with van der Waals surface area (Å²) in [5, 5.41) is 0.800. The van der Waals surface area contributed by atoms with Crippen molar-refractivity contribution in [3.8, 4) is 0 Å². The summed E-state index contributed by atoms with van der Waals surface area (Å²) in [6, 6.07) is 2.01. The lowest BCUT2D eigenvalue weighted by Gasteiger charge is -2.24. The predicted molar refractivity (Wildman–Crippen MR) is 68.2 cm³/mol. The molecule has 0 aromatic carbocycles. The van der Waals surface area contributed by atoms with E-state index in [0.29, 0.717) is 4.83 Å². The molecule has 0 N–H and O–H groups in total. The zero-order valence-corrected chi connectivity index (χ0v) is 12.4. The van der Waals surface area contributed by atoms with Gasteiger partial charge in [-0.05, 0) is 27.4 Å². The Morgan fingerprint density at radius 3 is 2.31 bits per heavy atom. The number of alkyl halides is 1. The van der Waals surface area contributed by atoms with Gasteiger partial charge in [0, 0.05) is 4.88 Å². The minimum absolute atomic E-state index is 0.216. The van der Waals surface area contributed by atoms with E-state index in [1.165, 1.54) is 4.88 Å². The molecule has 0 aliphatic rings. The van der Waals surface area contributed by atoms with Crippen molar-refractivity contribution in [1.29, 1.82) is 0 Å². The van der Waals surface area contributed by atoms with Gasteiger partial charge < -0.3 is 0 Å². The van der Waals surface area contributed by atoms with Gasteiger partial charge in [-0.15, -0.1) is 11.3 Å². The summed E-state index contributed by atoms with van der Waals surface area (Å²) in [7, 11) is 0. The van der Waals surface area contributed by atoms with Crippen LogP contribution >= 0.6 is 54.8 Å². The molecule has 13 heavy (non-hydrogen) atoms. The van der Waals surface area contributed by atoms with Crippen LogP contribution in [0.15, 0.2) is 9.85 Å². The number of hydrogen-bond acceptors (Lipinski definition) is 1. The van der Waals surface area contributed by atoms with Crippen LogP contribution in [0, 0.1) is 5.41 Å². The first kappa shape index (κ1) is 12.0.